The second-order valence-electron chi connectivity index (χ2n) is 9.86. The predicted octanol–water partition coefficient (Wildman–Crippen LogP) is 6.13. The Bertz CT molecular complexity index is 1390. The van der Waals surface area contributed by atoms with E-state index in [9.17, 15) is 19.7 Å². The lowest BCUT2D eigenvalue weighted by Crippen LogP contribution is -2.38. The van der Waals surface area contributed by atoms with Crippen molar-refractivity contribution in [3.63, 3.8) is 0 Å². The van der Waals surface area contributed by atoms with Gasteiger partial charge in [-0.05, 0) is 54.7 Å². The van der Waals surface area contributed by atoms with E-state index in [1.807, 2.05) is 18.2 Å². The van der Waals surface area contributed by atoms with Crippen molar-refractivity contribution in [2.45, 2.75) is 51.1 Å². The highest BCUT2D eigenvalue weighted by Crippen LogP contribution is 2.31. The molecule has 9 heteroatoms. The first-order valence-electron chi connectivity index (χ1n) is 12.9. The number of halogens is 1. The number of nitro groups is 1. The average molecular weight is 533 g/mol. The SMILES string of the molecule is O=C(Nc1ccc(N2CCc3ccccc3C2)c(C(=O)NC2CCCCC2)c1)c1ccc([N+](=O)[O-])cc1Cl. The monoisotopic (exact) mass is 532 g/mol. The summed E-state index contributed by atoms with van der Waals surface area (Å²) in [7, 11) is 0. The van der Waals surface area contributed by atoms with Gasteiger partial charge in [-0.1, -0.05) is 55.1 Å². The van der Waals surface area contributed by atoms with Crippen molar-refractivity contribution in [2.75, 3.05) is 16.8 Å². The van der Waals surface area contributed by atoms with E-state index in [2.05, 4.69) is 27.7 Å². The summed E-state index contributed by atoms with van der Waals surface area (Å²) in [5.74, 6) is -0.668. The summed E-state index contributed by atoms with van der Waals surface area (Å²) in [5.41, 5.74) is 4.24. The van der Waals surface area contributed by atoms with Crippen molar-refractivity contribution >= 4 is 40.5 Å². The smallest absolute Gasteiger partial charge is 0.270 e. The fourth-order valence-electron chi connectivity index (χ4n) is 5.28. The van der Waals surface area contributed by atoms with E-state index >= 15 is 0 Å². The van der Waals surface area contributed by atoms with Crippen molar-refractivity contribution in [3.05, 3.63) is 98.1 Å². The maximum Gasteiger partial charge on any atom is 0.270 e. The fourth-order valence-corrected chi connectivity index (χ4v) is 5.54. The number of amides is 2. The molecule has 0 aromatic heterocycles. The van der Waals surface area contributed by atoms with Gasteiger partial charge < -0.3 is 15.5 Å². The highest BCUT2D eigenvalue weighted by atomic mass is 35.5. The van der Waals surface area contributed by atoms with Gasteiger partial charge in [0.15, 0.2) is 0 Å². The molecule has 1 aliphatic heterocycles. The van der Waals surface area contributed by atoms with Crippen molar-refractivity contribution in [1.29, 1.82) is 0 Å². The number of non-ortho nitro benzene ring substituents is 1. The number of fused-ring (bicyclic) bond motifs is 1. The molecule has 1 fully saturated rings. The summed E-state index contributed by atoms with van der Waals surface area (Å²) in [4.78, 5) is 39.2. The topological polar surface area (TPSA) is 105 Å². The van der Waals surface area contributed by atoms with E-state index < -0.39 is 10.8 Å². The zero-order valence-electron chi connectivity index (χ0n) is 20.9. The Balaban J connectivity index is 1.42. The number of nitrogens with one attached hydrogen (secondary N) is 2. The normalized spacial score (nSPS) is 15.4. The molecule has 1 aliphatic carbocycles. The number of carbonyl (C=O) groups is 2. The molecule has 38 heavy (non-hydrogen) atoms. The zero-order chi connectivity index (χ0) is 26.6. The van der Waals surface area contributed by atoms with Crippen LogP contribution in [0.2, 0.25) is 5.02 Å². The van der Waals surface area contributed by atoms with Gasteiger partial charge >= 0.3 is 0 Å². The van der Waals surface area contributed by atoms with Gasteiger partial charge in [0, 0.05) is 42.6 Å². The molecule has 8 nitrogen and oxygen atoms in total. The first-order chi connectivity index (χ1) is 18.4. The molecule has 3 aromatic rings. The van der Waals surface area contributed by atoms with Gasteiger partial charge in [-0.2, -0.15) is 0 Å². The number of rotatable bonds is 6. The van der Waals surface area contributed by atoms with Crippen molar-refractivity contribution < 1.29 is 14.5 Å². The number of nitro benzene ring substituents is 1. The van der Waals surface area contributed by atoms with Crippen molar-refractivity contribution in [3.8, 4) is 0 Å². The van der Waals surface area contributed by atoms with E-state index in [4.69, 9.17) is 11.6 Å². The van der Waals surface area contributed by atoms with Gasteiger partial charge in [0.2, 0.25) is 0 Å². The third-order valence-electron chi connectivity index (χ3n) is 7.32. The Morgan fingerprint density at radius 3 is 2.42 bits per heavy atom. The molecule has 196 valence electrons. The molecular formula is C29H29ClN4O4. The summed E-state index contributed by atoms with van der Waals surface area (Å²) < 4.78 is 0. The highest BCUT2D eigenvalue weighted by Gasteiger charge is 2.24. The Hall–Kier alpha value is -3.91. The minimum absolute atomic E-state index is 0.0180. The van der Waals surface area contributed by atoms with Crippen LogP contribution in [0, 0.1) is 10.1 Å². The van der Waals surface area contributed by atoms with Gasteiger partial charge in [-0.15, -0.1) is 0 Å². The molecule has 2 aliphatic rings. The van der Waals surface area contributed by atoms with E-state index in [1.54, 1.807) is 12.1 Å². The Labute approximate surface area is 226 Å². The Kier molecular flexibility index (Phi) is 7.60. The lowest BCUT2D eigenvalue weighted by atomic mass is 9.95. The van der Waals surface area contributed by atoms with Crippen LogP contribution in [0.5, 0.6) is 0 Å². The third-order valence-corrected chi connectivity index (χ3v) is 7.63. The van der Waals surface area contributed by atoms with Crippen molar-refractivity contribution in [1.82, 2.24) is 5.32 Å². The number of carbonyl (C=O) groups excluding carboxylic acids is 2. The third kappa shape index (κ3) is 5.65. The molecule has 0 spiro atoms. The second kappa shape index (κ2) is 11.2. The average Bonchev–Trinajstić information content (AvgIpc) is 2.93. The van der Waals surface area contributed by atoms with E-state index in [-0.39, 0.29) is 28.2 Å². The first kappa shape index (κ1) is 25.7. The van der Waals surface area contributed by atoms with Gasteiger partial charge in [-0.25, -0.2) is 0 Å². The number of anilines is 2. The van der Waals surface area contributed by atoms with Crippen LogP contribution in [0.3, 0.4) is 0 Å². The molecule has 3 aromatic carbocycles. The lowest BCUT2D eigenvalue weighted by molar-refractivity contribution is -0.384. The molecule has 0 bridgehead atoms. The molecule has 5 rings (SSSR count). The molecule has 2 amide bonds. The number of hydrogen-bond donors (Lipinski definition) is 2. The lowest BCUT2D eigenvalue weighted by Gasteiger charge is -2.32. The molecular weight excluding hydrogens is 504 g/mol. The van der Waals surface area contributed by atoms with Crippen LogP contribution >= 0.6 is 11.6 Å². The van der Waals surface area contributed by atoms with Crippen LogP contribution in [0.4, 0.5) is 17.1 Å². The molecule has 0 radical (unpaired) electrons. The van der Waals surface area contributed by atoms with Gasteiger partial charge in [0.25, 0.3) is 17.5 Å². The molecule has 0 atom stereocenters. The Morgan fingerprint density at radius 2 is 1.68 bits per heavy atom. The van der Waals surface area contributed by atoms with E-state index in [1.165, 1.54) is 29.7 Å². The van der Waals surface area contributed by atoms with Gasteiger partial charge in [0.05, 0.1) is 21.1 Å². The minimum atomic E-state index is -0.567. The summed E-state index contributed by atoms with van der Waals surface area (Å²) in [6.45, 7) is 1.48. The summed E-state index contributed by atoms with van der Waals surface area (Å²) >= 11 is 6.16. The van der Waals surface area contributed by atoms with E-state index in [0.29, 0.717) is 17.8 Å². The van der Waals surface area contributed by atoms with Crippen LogP contribution in [-0.4, -0.2) is 29.3 Å². The summed E-state index contributed by atoms with van der Waals surface area (Å²) in [6.07, 6.45) is 6.22. The number of nitrogens with zero attached hydrogens (tertiary/aromatic N) is 2. The fraction of sp³-hybridized carbons (Fsp3) is 0.310. The van der Waals surface area contributed by atoms with E-state index in [0.717, 1.165) is 50.4 Å². The number of benzene rings is 3. The highest BCUT2D eigenvalue weighted by molar-refractivity contribution is 6.34. The summed E-state index contributed by atoms with van der Waals surface area (Å²) in [6, 6.07) is 17.5. The second-order valence-corrected chi connectivity index (χ2v) is 10.3. The molecule has 1 saturated carbocycles. The van der Waals surface area contributed by atoms with Crippen LogP contribution in [0.1, 0.15) is 63.9 Å². The Morgan fingerprint density at radius 1 is 0.921 bits per heavy atom. The van der Waals surface area contributed by atoms with Gasteiger partial charge in [0.1, 0.15) is 0 Å². The minimum Gasteiger partial charge on any atom is -0.366 e. The predicted molar refractivity (Wildman–Crippen MR) is 148 cm³/mol. The standard InChI is InChI=1S/C29H29ClN4O4/c30-26-17-23(34(37)38)11-12-24(26)28(35)32-22-10-13-27(33-15-14-19-6-4-5-7-20(19)18-33)25(16-22)29(36)31-21-8-2-1-3-9-21/h4-7,10-13,16-17,21H,1-3,8-9,14-15,18H2,(H,31,36)(H,32,35). The number of hydrogen-bond acceptors (Lipinski definition) is 5. The molecule has 0 unspecified atom stereocenters. The van der Waals surface area contributed by atoms with Crippen LogP contribution < -0.4 is 15.5 Å². The quantitative estimate of drug-likeness (QED) is 0.294. The maximum atomic E-state index is 13.5. The molecule has 2 N–H and O–H groups in total. The van der Waals surface area contributed by atoms with Crippen LogP contribution in [0.15, 0.2) is 60.7 Å². The zero-order valence-corrected chi connectivity index (χ0v) is 21.7. The summed E-state index contributed by atoms with van der Waals surface area (Å²) in [5, 5.41) is 17.0. The maximum absolute atomic E-state index is 13.5. The molecule has 1 heterocycles. The van der Waals surface area contributed by atoms with Crippen LogP contribution in [-0.2, 0) is 13.0 Å². The first-order valence-corrected chi connectivity index (χ1v) is 13.3. The molecule has 0 saturated heterocycles. The largest absolute Gasteiger partial charge is 0.366 e. The van der Waals surface area contributed by atoms with Gasteiger partial charge in [-0.3, -0.25) is 19.7 Å². The van der Waals surface area contributed by atoms with Crippen LogP contribution in [0.25, 0.3) is 0 Å². The van der Waals surface area contributed by atoms with Crippen molar-refractivity contribution in [2.24, 2.45) is 0 Å².